The van der Waals surface area contributed by atoms with E-state index in [0.717, 1.165) is 22.7 Å². The van der Waals surface area contributed by atoms with Crippen LogP contribution in [0.4, 0.5) is 51.2 Å². The maximum Gasteiger partial charge on any atom is 0.252 e. The Balaban J connectivity index is 1.41. The van der Waals surface area contributed by atoms with Crippen molar-refractivity contribution in [1.82, 2.24) is 0 Å². The van der Waals surface area contributed by atoms with Crippen LogP contribution in [-0.2, 0) is 5.41 Å². The molecule has 0 N–H and O–H groups in total. The van der Waals surface area contributed by atoms with Crippen LogP contribution in [0.5, 0.6) is 0 Å². The Morgan fingerprint density at radius 1 is 0.429 bits per heavy atom. The lowest BCUT2D eigenvalue weighted by atomic mass is 9.33. The van der Waals surface area contributed by atoms with E-state index >= 15 is 0 Å². The Bertz CT molecular complexity index is 2510. The van der Waals surface area contributed by atoms with Gasteiger partial charge < -0.3 is 14.7 Å². The van der Waals surface area contributed by atoms with Crippen LogP contribution in [0.1, 0.15) is 59.7 Å². The van der Waals surface area contributed by atoms with Crippen LogP contribution in [-0.4, -0.2) is 6.71 Å². The van der Waals surface area contributed by atoms with Crippen molar-refractivity contribution in [1.29, 1.82) is 0 Å². The van der Waals surface area contributed by atoms with E-state index in [-0.39, 0.29) is 12.1 Å². The molecule has 2 heterocycles. The van der Waals surface area contributed by atoms with Gasteiger partial charge in [-0.3, -0.25) is 0 Å². The minimum absolute atomic E-state index is 0.0503. The van der Waals surface area contributed by atoms with E-state index in [1.165, 1.54) is 83.8 Å². The van der Waals surface area contributed by atoms with Gasteiger partial charge >= 0.3 is 0 Å². The number of aryl methyl sites for hydroxylation is 6. The lowest BCUT2D eigenvalue weighted by molar-refractivity contribution is 0.590. The first-order valence-corrected chi connectivity index (χ1v) is 20.0. The van der Waals surface area contributed by atoms with Crippen molar-refractivity contribution in [2.75, 3.05) is 14.7 Å². The van der Waals surface area contributed by atoms with E-state index < -0.39 is 0 Å². The summed E-state index contributed by atoms with van der Waals surface area (Å²) in [6.07, 6.45) is 0. The van der Waals surface area contributed by atoms with Crippen LogP contribution in [0.2, 0.25) is 0 Å². The largest absolute Gasteiger partial charge is 0.311 e. The van der Waals surface area contributed by atoms with E-state index in [0.29, 0.717) is 0 Å². The maximum atomic E-state index is 2.52. The smallest absolute Gasteiger partial charge is 0.252 e. The van der Waals surface area contributed by atoms with Crippen LogP contribution in [0.15, 0.2) is 140 Å². The first kappa shape index (κ1) is 35.7. The summed E-state index contributed by atoms with van der Waals surface area (Å²) in [6, 6.07) is 53.1. The van der Waals surface area contributed by atoms with Gasteiger partial charge in [0.25, 0.3) is 6.71 Å². The Kier molecular flexibility index (Phi) is 8.50. The molecule has 3 nitrogen and oxygen atoms in total. The van der Waals surface area contributed by atoms with Crippen molar-refractivity contribution in [2.45, 2.75) is 67.7 Å². The number of benzene rings is 7. The van der Waals surface area contributed by atoms with Gasteiger partial charge in [-0.2, -0.15) is 0 Å². The van der Waals surface area contributed by atoms with E-state index in [4.69, 9.17) is 0 Å². The number of rotatable bonds is 5. The minimum atomic E-state index is 0.0503. The van der Waals surface area contributed by atoms with E-state index in [1.807, 2.05) is 0 Å². The molecule has 0 saturated carbocycles. The predicted molar refractivity (Wildman–Crippen MR) is 242 cm³/mol. The molecule has 2 aliphatic heterocycles. The number of hydrogen-bond donors (Lipinski definition) is 0. The molecule has 0 aromatic heterocycles. The molecule has 0 bridgehead atoms. The molecule has 276 valence electrons. The molecule has 9 rings (SSSR count). The Labute approximate surface area is 334 Å². The molecule has 0 atom stereocenters. The molecule has 0 saturated heterocycles. The van der Waals surface area contributed by atoms with E-state index in [9.17, 15) is 0 Å². The average molecular weight is 728 g/mol. The fourth-order valence-corrected chi connectivity index (χ4v) is 8.90. The molecule has 2 aliphatic rings. The number of anilines is 9. The van der Waals surface area contributed by atoms with Crippen molar-refractivity contribution in [3.63, 3.8) is 0 Å². The van der Waals surface area contributed by atoms with Gasteiger partial charge in [0.1, 0.15) is 0 Å². The van der Waals surface area contributed by atoms with Crippen molar-refractivity contribution >= 4 is 74.3 Å². The fourth-order valence-electron chi connectivity index (χ4n) is 8.90. The van der Waals surface area contributed by atoms with Gasteiger partial charge in [-0.25, -0.2) is 0 Å². The highest BCUT2D eigenvalue weighted by atomic mass is 15.2. The number of fused-ring (bicyclic) bond motifs is 4. The topological polar surface area (TPSA) is 9.72 Å². The zero-order valence-corrected chi connectivity index (χ0v) is 34.2. The highest BCUT2D eigenvalue weighted by molar-refractivity contribution is 7.00. The molecule has 7 aromatic rings. The van der Waals surface area contributed by atoms with Gasteiger partial charge in [0.2, 0.25) is 0 Å². The first-order valence-electron chi connectivity index (χ1n) is 20.0. The number of nitrogens with zero attached hydrogens (tertiary/aromatic N) is 3. The number of hydrogen-bond acceptors (Lipinski definition) is 3. The summed E-state index contributed by atoms with van der Waals surface area (Å²) < 4.78 is 0. The van der Waals surface area contributed by atoms with Gasteiger partial charge in [0, 0.05) is 45.5 Å². The summed E-state index contributed by atoms with van der Waals surface area (Å²) in [5.74, 6) is 0. The fraction of sp³-hybridized carbons (Fsp3) is 0.192. The molecule has 0 fully saturated rings. The van der Waals surface area contributed by atoms with Crippen LogP contribution in [0, 0.1) is 41.5 Å². The second-order valence-corrected chi connectivity index (χ2v) is 17.2. The average Bonchev–Trinajstić information content (AvgIpc) is 3.16. The predicted octanol–water partition coefficient (Wildman–Crippen LogP) is 12.4. The third kappa shape index (κ3) is 6.00. The molecule has 4 heteroatoms. The molecule has 56 heavy (non-hydrogen) atoms. The highest BCUT2D eigenvalue weighted by Crippen LogP contribution is 2.48. The summed E-state index contributed by atoms with van der Waals surface area (Å²) in [4.78, 5) is 7.51. The molecular weight excluding hydrogens is 677 g/mol. The lowest BCUT2D eigenvalue weighted by Crippen LogP contribution is -2.61. The molecule has 0 amide bonds. The third-order valence-electron chi connectivity index (χ3n) is 11.8. The minimum Gasteiger partial charge on any atom is -0.311 e. The molecule has 0 aliphatic carbocycles. The monoisotopic (exact) mass is 727 g/mol. The van der Waals surface area contributed by atoms with Gasteiger partial charge in [0.15, 0.2) is 0 Å². The summed E-state index contributed by atoms with van der Waals surface area (Å²) in [6.45, 7) is 20.1. The zero-order chi connectivity index (χ0) is 39.0. The SMILES string of the molecule is Cc1ccc(N2c3ccc(C)cc3B3c4cc(C)ccc4N(c4ccc(C)cc4)c4cc(N(c5ccc(C(C)(C)C)cc5)c5ccc(C)cc5C)cc2c43)cc1. The van der Waals surface area contributed by atoms with Gasteiger partial charge in [0.05, 0.1) is 5.69 Å². The van der Waals surface area contributed by atoms with Crippen molar-refractivity contribution in [2.24, 2.45) is 0 Å². The quantitative estimate of drug-likeness (QED) is 0.163. The van der Waals surface area contributed by atoms with Crippen LogP contribution >= 0.6 is 0 Å². The Hall–Kier alpha value is -6.00. The van der Waals surface area contributed by atoms with Gasteiger partial charge in [-0.15, -0.1) is 0 Å². The van der Waals surface area contributed by atoms with Crippen molar-refractivity contribution in [3.8, 4) is 0 Å². The second kappa shape index (κ2) is 13.3. The summed E-state index contributed by atoms with van der Waals surface area (Å²) in [7, 11) is 0. The van der Waals surface area contributed by atoms with Crippen LogP contribution < -0.4 is 31.1 Å². The summed E-state index contributed by atoms with van der Waals surface area (Å²) in [5, 5.41) is 0. The lowest BCUT2D eigenvalue weighted by Gasteiger charge is -2.45. The maximum absolute atomic E-state index is 2.52. The molecule has 0 spiro atoms. The molecule has 0 radical (unpaired) electrons. The van der Waals surface area contributed by atoms with Crippen LogP contribution in [0.25, 0.3) is 0 Å². The van der Waals surface area contributed by atoms with E-state index in [1.54, 1.807) is 0 Å². The second-order valence-electron chi connectivity index (χ2n) is 17.2. The molecular formula is C52H50BN3. The molecule has 7 aromatic carbocycles. The molecule has 0 unspecified atom stereocenters. The van der Waals surface area contributed by atoms with Crippen molar-refractivity contribution in [3.05, 3.63) is 178 Å². The summed E-state index contributed by atoms with van der Waals surface area (Å²) >= 11 is 0. The zero-order valence-electron chi connectivity index (χ0n) is 34.2. The summed E-state index contributed by atoms with van der Waals surface area (Å²) in [5.41, 5.74) is 23.5. The third-order valence-corrected chi connectivity index (χ3v) is 11.8. The Morgan fingerprint density at radius 3 is 1.34 bits per heavy atom. The van der Waals surface area contributed by atoms with Gasteiger partial charge in [-0.05, 0) is 141 Å². The highest BCUT2D eigenvalue weighted by Gasteiger charge is 2.44. The van der Waals surface area contributed by atoms with Crippen molar-refractivity contribution < 1.29 is 0 Å². The van der Waals surface area contributed by atoms with Crippen LogP contribution in [0.3, 0.4) is 0 Å². The van der Waals surface area contributed by atoms with Gasteiger partial charge in [-0.1, -0.05) is 121 Å². The first-order chi connectivity index (χ1) is 26.9. The normalized spacial score (nSPS) is 13.0. The standard InChI is InChI=1S/C52H50BN3/c1-33-10-19-41(20-11-33)55-47-26-15-36(4)29-44(47)53-45-30-37(5)16-27-48(45)56(42-21-12-34(2)13-22-42)50-32-43(31-49(55)51(50)53)54(46-25-14-35(3)28-38(46)6)40-23-17-39(18-24-40)52(7,8)9/h10-32H,1-9H3. The van der Waals surface area contributed by atoms with E-state index in [2.05, 4.69) is 217 Å². The Morgan fingerprint density at radius 2 is 0.875 bits per heavy atom.